The molecular formula is C30H24F2N6O4S. The summed E-state index contributed by atoms with van der Waals surface area (Å²) in [6.45, 7) is 2.88. The normalized spacial score (nSPS) is 13.7. The minimum Gasteiger partial charge on any atom is -0.453 e. The molecule has 3 aromatic heterocycles. The Hall–Kier alpha value is -5.01. The molecule has 0 bridgehead atoms. The minimum atomic E-state index is -0.775. The summed E-state index contributed by atoms with van der Waals surface area (Å²) in [6.07, 6.45) is 2.79. The van der Waals surface area contributed by atoms with Crippen molar-refractivity contribution in [3.63, 3.8) is 0 Å². The number of amides is 2. The van der Waals surface area contributed by atoms with Gasteiger partial charge in [0.25, 0.3) is 17.4 Å². The number of rotatable bonds is 6. The molecule has 1 fully saturated rings. The Morgan fingerprint density at radius 1 is 0.930 bits per heavy atom. The van der Waals surface area contributed by atoms with Crippen molar-refractivity contribution in [1.82, 2.24) is 24.6 Å². The number of benzene rings is 2. The summed E-state index contributed by atoms with van der Waals surface area (Å²) < 4.78 is 35.9. The molecule has 4 heterocycles. The van der Waals surface area contributed by atoms with Gasteiger partial charge in [0.05, 0.1) is 20.8 Å². The third-order valence-corrected chi connectivity index (χ3v) is 8.08. The van der Waals surface area contributed by atoms with E-state index in [1.165, 1.54) is 66.2 Å². The first-order valence-corrected chi connectivity index (χ1v) is 14.1. The number of anilines is 1. The van der Waals surface area contributed by atoms with Crippen LogP contribution in [0.3, 0.4) is 0 Å². The van der Waals surface area contributed by atoms with Gasteiger partial charge in [0.1, 0.15) is 17.1 Å². The molecule has 0 unspecified atom stereocenters. The van der Waals surface area contributed by atoms with E-state index in [1.807, 2.05) is 11.9 Å². The van der Waals surface area contributed by atoms with Crippen LogP contribution in [0.4, 0.5) is 14.5 Å². The third-order valence-electron chi connectivity index (χ3n) is 6.95. The SMILES string of the molecule is CN1CCN(C(=O)c2cc3nccc(Oc4ccc(NC(=O)c5ccnn(-c6ccc(F)cc6)c5=O)cc4F)c3s2)CC1. The third kappa shape index (κ3) is 5.85. The summed E-state index contributed by atoms with van der Waals surface area (Å²) >= 11 is 1.24. The summed E-state index contributed by atoms with van der Waals surface area (Å²) in [7, 11) is 2.02. The van der Waals surface area contributed by atoms with Crippen molar-refractivity contribution < 1.29 is 23.1 Å². The van der Waals surface area contributed by atoms with Crippen molar-refractivity contribution in [3.8, 4) is 17.2 Å². The molecule has 43 heavy (non-hydrogen) atoms. The summed E-state index contributed by atoms with van der Waals surface area (Å²) in [6, 6.07) is 13.5. The van der Waals surface area contributed by atoms with Gasteiger partial charge in [-0.3, -0.25) is 19.4 Å². The Morgan fingerprint density at radius 2 is 1.70 bits per heavy atom. The number of pyridine rings is 1. The van der Waals surface area contributed by atoms with E-state index in [-0.39, 0.29) is 28.6 Å². The van der Waals surface area contributed by atoms with Crippen molar-refractivity contribution >= 4 is 39.1 Å². The van der Waals surface area contributed by atoms with Gasteiger partial charge in [-0.25, -0.2) is 8.78 Å². The quantitative estimate of drug-likeness (QED) is 0.304. The number of thiophene rings is 1. The first-order chi connectivity index (χ1) is 20.8. The maximum atomic E-state index is 15.1. The van der Waals surface area contributed by atoms with E-state index in [0.29, 0.717) is 33.9 Å². The highest BCUT2D eigenvalue weighted by Crippen LogP contribution is 2.36. The van der Waals surface area contributed by atoms with Gasteiger partial charge >= 0.3 is 0 Å². The average Bonchev–Trinajstić information content (AvgIpc) is 3.45. The molecule has 0 radical (unpaired) electrons. The molecule has 13 heteroatoms. The van der Waals surface area contributed by atoms with Crippen LogP contribution in [0.2, 0.25) is 0 Å². The molecule has 0 atom stereocenters. The molecular weight excluding hydrogens is 578 g/mol. The lowest BCUT2D eigenvalue weighted by Crippen LogP contribution is -2.46. The molecule has 0 aliphatic carbocycles. The minimum absolute atomic E-state index is 0.0769. The molecule has 10 nitrogen and oxygen atoms in total. The van der Waals surface area contributed by atoms with Crippen LogP contribution < -0.4 is 15.6 Å². The summed E-state index contributed by atoms with van der Waals surface area (Å²) in [5.41, 5.74) is -0.0299. The van der Waals surface area contributed by atoms with Gasteiger partial charge < -0.3 is 19.9 Å². The van der Waals surface area contributed by atoms with Crippen LogP contribution in [-0.2, 0) is 0 Å². The fourth-order valence-corrected chi connectivity index (χ4v) is 5.63. The number of hydrogen-bond donors (Lipinski definition) is 1. The van der Waals surface area contributed by atoms with E-state index in [0.717, 1.165) is 23.8 Å². The number of nitrogens with one attached hydrogen (secondary N) is 1. The van der Waals surface area contributed by atoms with Gasteiger partial charge in [0.2, 0.25) is 0 Å². The molecule has 0 spiro atoms. The van der Waals surface area contributed by atoms with Crippen molar-refractivity contribution in [2.45, 2.75) is 0 Å². The zero-order chi connectivity index (χ0) is 30.1. The van der Waals surface area contributed by atoms with Crippen molar-refractivity contribution in [3.05, 3.63) is 105 Å². The second-order valence-electron chi connectivity index (χ2n) is 9.87. The topological polar surface area (TPSA) is 110 Å². The molecule has 1 aliphatic rings. The maximum absolute atomic E-state index is 15.1. The number of piperazine rings is 1. The Labute approximate surface area is 247 Å². The van der Waals surface area contributed by atoms with Crippen molar-refractivity contribution in [1.29, 1.82) is 0 Å². The lowest BCUT2D eigenvalue weighted by Gasteiger charge is -2.32. The lowest BCUT2D eigenvalue weighted by atomic mass is 10.2. The molecule has 1 aliphatic heterocycles. The molecule has 6 rings (SSSR count). The highest BCUT2D eigenvalue weighted by molar-refractivity contribution is 7.21. The molecule has 5 aromatic rings. The van der Waals surface area contributed by atoms with Gasteiger partial charge in [-0.05, 0) is 55.6 Å². The van der Waals surface area contributed by atoms with E-state index in [2.05, 4.69) is 20.3 Å². The molecule has 0 saturated carbocycles. The number of carbonyl (C=O) groups is 2. The monoisotopic (exact) mass is 602 g/mol. The molecule has 1 N–H and O–H groups in total. The second-order valence-corrected chi connectivity index (χ2v) is 10.9. The molecule has 1 saturated heterocycles. The average molecular weight is 603 g/mol. The first-order valence-electron chi connectivity index (χ1n) is 13.3. The number of halogens is 2. The second kappa shape index (κ2) is 11.7. The number of nitrogens with zero attached hydrogens (tertiary/aromatic N) is 5. The van der Waals surface area contributed by atoms with Crippen LogP contribution in [0.1, 0.15) is 20.0 Å². The van der Waals surface area contributed by atoms with Crippen LogP contribution in [0.15, 0.2) is 77.9 Å². The van der Waals surface area contributed by atoms with Crippen LogP contribution in [0.5, 0.6) is 11.5 Å². The predicted molar refractivity (Wildman–Crippen MR) is 157 cm³/mol. The number of fused-ring (bicyclic) bond motifs is 1. The smallest absolute Gasteiger partial charge is 0.284 e. The Kier molecular flexibility index (Phi) is 7.65. The Bertz CT molecular complexity index is 1900. The van der Waals surface area contributed by atoms with E-state index >= 15 is 4.39 Å². The van der Waals surface area contributed by atoms with Gasteiger partial charge in [0, 0.05) is 56.4 Å². The summed E-state index contributed by atoms with van der Waals surface area (Å²) in [5.74, 6) is -1.86. The number of hydrogen-bond acceptors (Lipinski definition) is 8. The zero-order valence-electron chi connectivity index (χ0n) is 22.8. The number of carbonyl (C=O) groups excluding carboxylic acids is 2. The van der Waals surface area contributed by atoms with Crippen molar-refractivity contribution in [2.75, 3.05) is 38.5 Å². The standard InChI is InChI=1S/C30H24F2N6O4S/c1-36-12-14-37(15-13-36)30(41)26-17-23-27(43-26)25(9-10-33-23)42-24-7-4-19(16-22(24)32)35-28(39)21-8-11-34-38(29(21)40)20-5-2-18(31)3-6-20/h2-11,16-17H,12-15H2,1H3,(H,35,39). The first kappa shape index (κ1) is 28.1. The Balaban J connectivity index is 1.19. The zero-order valence-corrected chi connectivity index (χ0v) is 23.6. The lowest BCUT2D eigenvalue weighted by molar-refractivity contribution is 0.0669. The number of aromatic nitrogens is 3. The van der Waals surface area contributed by atoms with Gasteiger partial charge in [-0.2, -0.15) is 9.78 Å². The van der Waals surface area contributed by atoms with Crippen LogP contribution >= 0.6 is 11.3 Å². The van der Waals surface area contributed by atoms with E-state index in [4.69, 9.17) is 4.74 Å². The fraction of sp³-hybridized carbons (Fsp3) is 0.167. The van der Waals surface area contributed by atoms with Gasteiger partial charge in [-0.15, -0.1) is 11.3 Å². The van der Waals surface area contributed by atoms with Gasteiger partial charge in [-0.1, -0.05) is 0 Å². The highest BCUT2D eigenvalue weighted by atomic mass is 32.1. The highest BCUT2D eigenvalue weighted by Gasteiger charge is 2.23. The fourth-order valence-electron chi connectivity index (χ4n) is 4.60. The van der Waals surface area contributed by atoms with Gasteiger partial charge in [0.15, 0.2) is 11.6 Å². The van der Waals surface area contributed by atoms with E-state index < -0.39 is 23.1 Å². The predicted octanol–water partition coefficient (Wildman–Crippen LogP) is 4.55. The summed E-state index contributed by atoms with van der Waals surface area (Å²) in [4.78, 5) is 47.7. The largest absolute Gasteiger partial charge is 0.453 e. The molecule has 218 valence electrons. The maximum Gasteiger partial charge on any atom is 0.284 e. The van der Waals surface area contributed by atoms with E-state index in [9.17, 15) is 18.8 Å². The van der Waals surface area contributed by atoms with Crippen molar-refractivity contribution in [2.24, 2.45) is 0 Å². The summed E-state index contributed by atoms with van der Waals surface area (Å²) in [5, 5.41) is 6.46. The number of ether oxygens (including phenoxy) is 1. The Morgan fingerprint density at radius 3 is 2.44 bits per heavy atom. The molecule has 2 aromatic carbocycles. The van der Waals surface area contributed by atoms with Crippen LogP contribution in [0, 0.1) is 11.6 Å². The van der Waals surface area contributed by atoms with E-state index in [1.54, 1.807) is 12.1 Å². The van der Waals surface area contributed by atoms with Crippen LogP contribution in [-0.4, -0.2) is 69.6 Å². The molecule has 2 amide bonds. The van der Waals surface area contributed by atoms with Crippen LogP contribution in [0.25, 0.3) is 15.9 Å². The number of likely N-dealkylation sites (N-methyl/N-ethyl adjacent to an activating group) is 1.